The van der Waals surface area contributed by atoms with Crippen LogP contribution in [0.2, 0.25) is 0 Å². The van der Waals surface area contributed by atoms with Gasteiger partial charge >= 0.3 is 0 Å². The minimum atomic E-state index is -0.314. The average molecular weight is 426 g/mol. The van der Waals surface area contributed by atoms with Crippen LogP contribution < -0.4 is 5.32 Å². The first kappa shape index (κ1) is 20.3. The molecule has 0 spiro atoms. The molecule has 2 amide bonds. The zero-order chi connectivity index (χ0) is 22.1. The zero-order valence-electron chi connectivity index (χ0n) is 18.3. The van der Waals surface area contributed by atoms with Crippen LogP contribution in [-0.2, 0) is 22.6 Å². The number of hydrogen-bond donors (Lipinski definition) is 1. The topological polar surface area (TPSA) is 54.3 Å². The molecule has 1 aliphatic rings. The Hall–Kier alpha value is -3.60. The van der Waals surface area contributed by atoms with E-state index in [0.29, 0.717) is 13.1 Å². The largest absolute Gasteiger partial charge is 0.342 e. The second-order valence-corrected chi connectivity index (χ2v) is 8.46. The fraction of sp³-hybridized carbons (Fsp3) is 0.259. The first-order valence-corrected chi connectivity index (χ1v) is 11.3. The van der Waals surface area contributed by atoms with Crippen LogP contribution in [0.25, 0.3) is 21.8 Å². The quantitative estimate of drug-likeness (QED) is 0.480. The summed E-state index contributed by atoms with van der Waals surface area (Å²) in [5.74, 6) is -0.340. The molecule has 5 rings (SSSR count). The van der Waals surface area contributed by atoms with Gasteiger partial charge in [-0.15, -0.1) is 0 Å². The van der Waals surface area contributed by atoms with Crippen molar-refractivity contribution in [1.82, 2.24) is 9.47 Å². The highest BCUT2D eigenvalue weighted by Crippen LogP contribution is 2.31. The highest BCUT2D eigenvalue weighted by Gasteiger charge is 2.34. The first-order chi connectivity index (χ1) is 15.6. The van der Waals surface area contributed by atoms with Crippen LogP contribution in [0.4, 0.5) is 5.69 Å². The number of carbonyl (C=O) groups excluding carboxylic acids is 2. The molecule has 0 aliphatic carbocycles. The SMILES string of the molecule is CCn1c2ccccc2c2cc(NC(=O)C3CC(=O)N(CCc4ccccc4)C3)ccc21. The number of benzene rings is 3. The van der Waals surface area contributed by atoms with Crippen LogP contribution in [-0.4, -0.2) is 34.4 Å². The summed E-state index contributed by atoms with van der Waals surface area (Å²) in [5.41, 5.74) is 4.34. The van der Waals surface area contributed by atoms with Gasteiger partial charge in [0.05, 0.1) is 5.92 Å². The molecule has 1 N–H and O–H groups in total. The van der Waals surface area contributed by atoms with Gasteiger partial charge in [-0.25, -0.2) is 0 Å². The summed E-state index contributed by atoms with van der Waals surface area (Å²) < 4.78 is 2.29. The van der Waals surface area contributed by atoms with Gasteiger partial charge in [-0.1, -0.05) is 48.5 Å². The molecule has 1 atom stereocenters. The highest BCUT2D eigenvalue weighted by molar-refractivity contribution is 6.10. The Labute approximate surface area is 187 Å². The summed E-state index contributed by atoms with van der Waals surface area (Å²) in [6.45, 7) is 4.16. The van der Waals surface area contributed by atoms with Gasteiger partial charge in [0.15, 0.2) is 0 Å². The minimum Gasteiger partial charge on any atom is -0.342 e. The Morgan fingerprint density at radius 2 is 1.72 bits per heavy atom. The summed E-state index contributed by atoms with van der Waals surface area (Å²) in [5, 5.41) is 5.37. The van der Waals surface area contributed by atoms with Crippen molar-refractivity contribution < 1.29 is 9.59 Å². The Kier molecular flexibility index (Phi) is 5.39. The number of rotatable bonds is 6. The molecule has 1 aliphatic heterocycles. The molecule has 1 saturated heterocycles. The van der Waals surface area contributed by atoms with E-state index in [1.165, 1.54) is 16.5 Å². The number of nitrogens with one attached hydrogen (secondary N) is 1. The van der Waals surface area contributed by atoms with Gasteiger partial charge in [-0.05, 0) is 43.2 Å². The van der Waals surface area contributed by atoms with Crippen molar-refractivity contribution in [2.24, 2.45) is 5.92 Å². The maximum absolute atomic E-state index is 12.9. The number of para-hydroxylation sites is 1. The van der Waals surface area contributed by atoms with Crippen LogP contribution in [0.1, 0.15) is 18.9 Å². The lowest BCUT2D eigenvalue weighted by Crippen LogP contribution is -2.30. The molecule has 32 heavy (non-hydrogen) atoms. The second kappa shape index (κ2) is 8.50. The molecule has 5 heteroatoms. The minimum absolute atomic E-state index is 0.0579. The molecule has 5 nitrogen and oxygen atoms in total. The molecule has 1 fully saturated rings. The van der Waals surface area contributed by atoms with Crippen molar-refractivity contribution in [1.29, 1.82) is 0 Å². The number of hydrogen-bond acceptors (Lipinski definition) is 2. The molecule has 2 heterocycles. The number of aromatic nitrogens is 1. The number of anilines is 1. The second-order valence-electron chi connectivity index (χ2n) is 8.46. The number of amides is 2. The molecule has 0 radical (unpaired) electrons. The Bertz CT molecular complexity index is 1290. The molecular formula is C27H27N3O2. The lowest BCUT2D eigenvalue weighted by molar-refractivity contribution is -0.128. The molecule has 0 saturated carbocycles. The van der Waals surface area contributed by atoms with Crippen molar-refractivity contribution in [2.45, 2.75) is 26.3 Å². The van der Waals surface area contributed by atoms with E-state index in [9.17, 15) is 9.59 Å². The van der Waals surface area contributed by atoms with Gasteiger partial charge in [0.2, 0.25) is 11.8 Å². The van der Waals surface area contributed by atoms with E-state index in [0.717, 1.165) is 29.6 Å². The van der Waals surface area contributed by atoms with E-state index in [4.69, 9.17) is 0 Å². The van der Waals surface area contributed by atoms with E-state index in [-0.39, 0.29) is 24.2 Å². The lowest BCUT2D eigenvalue weighted by atomic mass is 10.1. The zero-order valence-corrected chi connectivity index (χ0v) is 18.3. The average Bonchev–Trinajstić information content (AvgIpc) is 3.35. The van der Waals surface area contributed by atoms with E-state index in [1.54, 1.807) is 0 Å². The maximum Gasteiger partial charge on any atom is 0.229 e. The smallest absolute Gasteiger partial charge is 0.229 e. The van der Waals surface area contributed by atoms with Crippen LogP contribution in [0.5, 0.6) is 0 Å². The van der Waals surface area contributed by atoms with Crippen molar-refractivity contribution in [3.8, 4) is 0 Å². The molecule has 1 unspecified atom stereocenters. The standard InChI is InChI=1S/C27H27N3O2/c1-2-30-24-11-7-6-10-22(24)23-17-21(12-13-25(23)30)28-27(32)20-16-26(31)29(18-20)15-14-19-8-4-3-5-9-19/h3-13,17,20H,2,14-16,18H2,1H3,(H,28,32). The molecular weight excluding hydrogens is 398 g/mol. The number of nitrogens with zero attached hydrogens (tertiary/aromatic N) is 2. The van der Waals surface area contributed by atoms with E-state index < -0.39 is 0 Å². The molecule has 162 valence electrons. The third kappa shape index (κ3) is 3.75. The molecule has 1 aromatic heterocycles. The Balaban J connectivity index is 1.29. The molecule has 4 aromatic rings. The third-order valence-corrected chi connectivity index (χ3v) is 6.45. The van der Waals surface area contributed by atoms with Crippen LogP contribution in [0, 0.1) is 5.92 Å². The number of fused-ring (bicyclic) bond motifs is 3. The van der Waals surface area contributed by atoms with Gasteiger partial charge in [0, 0.05) is 53.5 Å². The fourth-order valence-electron chi connectivity index (χ4n) is 4.79. The highest BCUT2D eigenvalue weighted by atomic mass is 16.2. The van der Waals surface area contributed by atoms with Gasteiger partial charge in [-0.2, -0.15) is 0 Å². The Morgan fingerprint density at radius 3 is 2.53 bits per heavy atom. The van der Waals surface area contributed by atoms with E-state index >= 15 is 0 Å². The van der Waals surface area contributed by atoms with E-state index in [2.05, 4.69) is 53.2 Å². The summed E-state index contributed by atoms with van der Waals surface area (Å²) in [4.78, 5) is 27.2. The van der Waals surface area contributed by atoms with Crippen molar-refractivity contribution in [3.63, 3.8) is 0 Å². The predicted molar refractivity (Wildman–Crippen MR) is 129 cm³/mol. The number of likely N-dealkylation sites (tertiary alicyclic amines) is 1. The van der Waals surface area contributed by atoms with Crippen LogP contribution >= 0.6 is 0 Å². The predicted octanol–water partition coefficient (Wildman–Crippen LogP) is 4.84. The monoisotopic (exact) mass is 425 g/mol. The molecule has 3 aromatic carbocycles. The summed E-state index contributed by atoms with van der Waals surface area (Å²) in [7, 11) is 0. The van der Waals surface area contributed by atoms with Gasteiger partial charge in [0.1, 0.15) is 0 Å². The van der Waals surface area contributed by atoms with Gasteiger partial charge in [-0.3, -0.25) is 9.59 Å². The summed E-state index contributed by atoms with van der Waals surface area (Å²) >= 11 is 0. The lowest BCUT2D eigenvalue weighted by Gasteiger charge is -2.16. The number of aryl methyl sites for hydroxylation is 1. The van der Waals surface area contributed by atoms with Gasteiger partial charge in [0.25, 0.3) is 0 Å². The maximum atomic E-state index is 12.9. The van der Waals surface area contributed by atoms with Crippen molar-refractivity contribution in [2.75, 3.05) is 18.4 Å². The summed E-state index contributed by atoms with van der Waals surface area (Å²) in [6, 6.07) is 24.5. The molecule has 0 bridgehead atoms. The van der Waals surface area contributed by atoms with Crippen molar-refractivity contribution in [3.05, 3.63) is 78.4 Å². The number of carbonyl (C=O) groups is 2. The van der Waals surface area contributed by atoms with E-state index in [1.807, 2.05) is 41.3 Å². The normalized spacial score (nSPS) is 16.2. The fourth-order valence-corrected chi connectivity index (χ4v) is 4.79. The first-order valence-electron chi connectivity index (χ1n) is 11.3. The van der Waals surface area contributed by atoms with Crippen LogP contribution in [0.15, 0.2) is 72.8 Å². The summed E-state index contributed by atoms with van der Waals surface area (Å²) in [6.07, 6.45) is 1.08. The van der Waals surface area contributed by atoms with Crippen molar-refractivity contribution >= 4 is 39.3 Å². The third-order valence-electron chi connectivity index (χ3n) is 6.45. The van der Waals surface area contributed by atoms with Crippen LogP contribution in [0.3, 0.4) is 0 Å². The van der Waals surface area contributed by atoms with Gasteiger partial charge < -0.3 is 14.8 Å². The Morgan fingerprint density at radius 1 is 0.969 bits per heavy atom.